The first-order valence-electron chi connectivity index (χ1n) is 5.91. The third-order valence-corrected chi connectivity index (χ3v) is 3.99. The monoisotopic (exact) mass is 315 g/mol. The van der Waals surface area contributed by atoms with Crippen molar-refractivity contribution in [1.82, 2.24) is 4.90 Å². The second-order valence-electron chi connectivity index (χ2n) is 4.64. The predicted molar refractivity (Wildman–Crippen MR) is 69.8 cm³/mol. The summed E-state index contributed by atoms with van der Waals surface area (Å²) in [7, 11) is 0. The number of amides is 1. The molecule has 5 heteroatoms. The van der Waals surface area contributed by atoms with Crippen LogP contribution in [0.2, 0.25) is 0 Å². The van der Waals surface area contributed by atoms with Gasteiger partial charge in [-0.05, 0) is 30.5 Å². The van der Waals surface area contributed by atoms with Crippen molar-refractivity contribution in [3.63, 3.8) is 0 Å². The molecule has 2 unspecified atom stereocenters. The van der Waals surface area contributed by atoms with Crippen LogP contribution in [0.4, 0.5) is 4.39 Å². The minimum atomic E-state index is -0.536. The average molecular weight is 316 g/mol. The topological polar surface area (TPSA) is 40.5 Å². The van der Waals surface area contributed by atoms with Gasteiger partial charge in [0.1, 0.15) is 5.82 Å². The molecule has 1 amide bonds. The van der Waals surface area contributed by atoms with E-state index >= 15 is 0 Å². The van der Waals surface area contributed by atoms with Crippen LogP contribution in [0.15, 0.2) is 22.7 Å². The maximum atomic E-state index is 13.7. The van der Waals surface area contributed by atoms with Crippen molar-refractivity contribution >= 4 is 21.8 Å². The van der Waals surface area contributed by atoms with Gasteiger partial charge in [0, 0.05) is 11.0 Å². The molecule has 18 heavy (non-hydrogen) atoms. The largest absolute Gasteiger partial charge is 0.394 e. The number of aliphatic hydroxyl groups is 1. The molecule has 98 valence electrons. The van der Waals surface area contributed by atoms with Crippen LogP contribution in [-0.4, -0.2) is 35.1 Å². The first-order chi connectivity index (χ1) is 8.54. The fourth-order valence-corrected chi connectivity index (χ4v) is 2.69. The van der Waals surface area contributed by atoms with Gasteiger partial charge in [-0.1, -0.05) is 22.9 Å². The van der Waals surface area contributed by atoms with E-state index in [2.05, 4.69) is 15.9 Å². The quantitative estimate of drug-likeness (QED) is 0.910. The van der Waals surface area contributed by atoms with E-state index < -0.39 is 5.82 Å². The van der Waals surface area contributed by atoms with E-state index in [-0.39, 0.29) is 30.0 Å². The zero-order valence-corrected chi connectivity index (χ0v) is 11.7. The zero-order valence-electron chi connectivity index (χ0n) is 10.1. The smallest absolute Gasteiger partial charge is 0.257 e. The lowest BCUT2D eigenvalue weighted by molar-refractivity contribution is 0.0643. The number of hydrogen-bond acceptors (Lipinski definition) is 2. The number of carbonyl (C=O) groups excluding carboxylic acids is 1. The van der Waals surface area contributed by atoms with Gasteiger partial charge in [-0.2, -0.15) is 0 Å². The van der Waals surface area contributed by atoms with E-state index in [1.54, 1.807) is 11.0 Å². The molecule has 0 spiro atoms. The van der Waals surface area contributed by atoms with Gasteiger partial charge in [0.25, 0.3) is 5.91 Å². The highest BCUT2D eigenvalue weighted by Crippen LogP contribution is 2.26. The number of carbonyl (C=O) groups is 1. The summed E-state index contributed by atoms with van der Waals surface area (Å²) in [5.74, 6) is -0.633. The van der Waals surface area contributed by atoms with Crippen molar-refractivity contribution in [3.05, 3.63) is 34.1 Å². The third kappa shape index (κ3) is 2.42. The van der Waals surface area contributed by atoms with Crippen LogP contribution in [-0.2, 0) is 0 Å². The van der Waals surface area contributed by atoms with E-state index in [4.69, 9.17) is 0 Å². The van der Waals surface area contributed by atoms with Gasteiger partial charge in [0.15, 0.2) is 0 Å². The van der Waals surface area contributed by atoms with E-state index in [1.807, 2.05) is 6.92 Å². The molecule has 0 aromatic heterocycles. The molecule has 3 nitrogen and oxygen atoms in total. The number of aliphatic hydroxyl groups excluding tert-OH is 1. The first-order valence-corrected chi connectivity index (χ1v) is 6.70. The van der Waals surface area contributed by atoms with Gasteiger partial charge >= 0.3 is 0 Å². The molecule has 1 aliphatic rings. The Morgan fingerprint density at radius 3 is 2.94 bits per heavy atom. The maximum Gasteiger partial charge on any atom is 0.257 e. The van der Waals surface area contributed by atoms with Crippen molar-refractivity contribution in [1.29, 1.82) is 0 Å². The minimum Gasteiger partial charge on any atom is -0.394 e. The molecule has 0 radical (unpaired) electrons. The number of likely N-dealkylation sites (tertiary alicyclic amines) is 1. The van der Waals surface area contributed by atoms with Crippen LogP contribution in [0.1, 0.15) is 23.7 Å². The van der Waals surface area contributed by atoms with Crippen molar-refractivity contribution < 1.29 is 14.3 Å². The van der Waals surface area contributed by atoms with E-state index in [1.165, 1.54) is 12.1 Å². The van der Waals surface area contributed by atoms with Gasteiger partial charge in [-0.3, -0.25) is 4.79 Å². The second kappa shape index (κ2) is 5.36. The molecule has 2 atom stereocenters. The third-order valence-electron chi connectivity index (χ3n) is 3.49. The van der Waals surface area contributed by atoms with Crippen molar-refractivity contribution in [3.8, 4) is 0 Å². The number of hydrogen-bond donors (Lipinski definition) is 1. The normalized spacial score (nSPS) is 23.4. The molecule has 1 N–H and O–H groups in total. The molecule has 1 fully saturated rings. The fraction of sp³-hybridized carbons (Fsp3) is 0.462. The molecule has 1 saturated heterocycles. The van der Waals surface area contributed by atoms with Gasteiger partial charge in [-0.15, -0.1) is 0 Å². The summed E-state index contributed by atoms with van der Waals surface area (Å²) in [6.07, 6.45) is 0.842. The average Bonchev–Trinajstić information content (AvgIpc) is 2.69. The Kier molecular flexibility index (Phi) is 4.02. The van der Waals surface area contributed by atoms with Crippen LogP contribution in [0, 0.1) is 11.7 Å². The van der Waals surface area contributed by atoms with Gasteiger partial charge < -0.3 is 10.0 Å². The summed E-state index contributed by atoms with van der Waals surface area (Å²) < 4.78 is 14.3. The van der Waals surface area contributed by atoms with Gasteiger partial charge in [-0.25, -0.2) is 4.39 Å². The fourth-order valence-electron chi connectivity index (χ4n) is 2.36. The lowest BCUT2D eigenvalue weighted by atomic mass is 10.0. The van der Waals surface area contributed by atoms with Crippen LogP contribution in [0.25, 0.3) is 0 Å². The highest BCUT2D eigenvalue weighted by Gasteiger charge is 2.35. The summed E-state index contributed by atoms with van der Waals surface area (Å²) in [5, 5.41) is 9.32. The Labute approximate surface area is 114 Å². The Morgan fingerprint density at radius 2 is 2.33 bits per heavy atom. The van der Waals surface area contributed by atoms with Gasteiger partial charge in [0.05, 0.1) is 18.2 Å². The Bertz CT molecular complexity index is 466. The Morgan fingerprint density at radius 1 is 1.61 bits per heavy atom. The highest BCUT2D eigenvalue weighted by atomic mass is 79.9. The van der Waals surface area contributed by atoms with E-state index in [0.29, 0.717) is 11.0 Å². The predicted octanol–water partition coefficient (Wildman–Crippen LogP) is 2.43. The molecule has 1 aromatic rings. The maximum absolute atomic E-state index is 13.7. The summed E-state index contributed by atoms with van der Waals surface area (Å²) in [6, 6.07) is 4.18. The number of halogens is 2. The number of rotatable bonds is 2. The van der Waals surface area contributed by atoms with Crippen molar-refractivity contribution in [2.75, 3.05) is 13.2 Å². The molecular formula is C13H15BrFNO2. The summed E-state index contributed by atoms with van der Waals surface area (Å²) in [5.41, 5.74) is 0.0609. The zero-order chi connectivity index (χ0) is 13.3. The summed E-state index contributed by atoms with van der Waals surface area (Å²) in [6.45, 7) is 2.48. The lowest BCUT2D eigenvalue weighted by Crippen LogP contribution is -2.40. The first kappa shape index (κ1) is 13.5. The molecule has 1 aromatic carbocycles. The van der Waals surface area contributed by atoms with Crippen LogP contribution in [0.3, 0.4) is 0 Å². The standard InChI is InChI=1S/C13H15BrFNO2/c1-8-4-5-16(12(8)7-17)13(18)10-3-2-9(14)6-11(10)15/h2-3,6,8,12,17H,4-5,7H2,1H3. The molecule has 0 aliphatic carbocycles. The van der Waals surface area contributed by atoms with Crippen LogP contribution < -0.4 is 0 Å². The highest BCUT2D eigenvalue weighted by molar-refractivity contribution is 9.10. The minimum absolute atomic E-state index is 0.0609. The van der Waals surface area contributed by atoms with E-state index in [9.17, 15) is 14.3 Å². The molecule has 1 heterocycles. The Balaban J connectivity index is 2.26. The summed E-state index contributed by atoms with van der Waals surface area (Å²) in [4.78, 5) is 13.8. The van der Waals surface area contributed by atoms with E-state index in [0.717, 1.165) is 6.42 Å². The molecule has 1 aliphatic heterocycles. The Hall–Kier alpha value is -0.940. The van der Waals surface area contributed by atoms with Gasteiger partial charge in [0.2, 0.25) is 0 Å². The molecule has 0 saturated carbocycles. The number of benzene rings is 1. The second-order valence-corrected chi connectivity index (χ2v) is 5.55. The lowest BCUT2D eigenvalue weighted by Gasteiger charge is -2.25. The van der Waals surface area contributed by atoms with Crippen LogP contribution in [0.5, 0.6) is 0 Å². The van der Waals surface area contributed by atoms with Crippen LogP contribution >= 0.6 is 15.9 Å². The molecule has 2 rings (SSSR count). The molecular weight excluding hydrogens is 301 g/mol. The number of nitrogens with zero attached hydrogens (tertiary/aromatic N) is 1. The summed E-state index contributed by atoms with van der Waals surface area (Å²) >= 11 is 3.16. The van der Waals surface area contributed by atoms with Crippen molar-refractivity contribution in [2.45, 2.75) is 19.4 Å². The molecule has 0 bridgehead atoms. The SMILES string of the molecule is CC1CCN(C(=O)c2ccc(Br)cc2F)C1CO. The van der Waals surface area contributed by atoms with Crippen molar-refractivity contribution in [2.24, 2.45) is 5.92 Å².